The molecule has 0 unspecified atom stereocenters. The minimum Gasteiger partial charge on any atom is -0.351 e. The minimum absolute atomic E-state index is 0.0611. The third-order valence-electron chi connectivity index (χ3n) is 4.83. The Morgan fingerprint density at radius 2 is 2.00 bits per heavy atom. The summed E-state index contributed by atoms with van der Waals surface area (Å²) in [5, 5.41) is 3.27. The highest BCUT2D eigenvalue weighted by atomic mass is 16.2. The molecule has 3 nitrogen and oxygen atoms in total. The van der Waals surface area contributed by atoms with Crippen LogP contribution in [0, 0.1) is 0 Å². The number of carbonyl (C=O) groups excluding carboxylic acids is 1. The molecule has 1 saturated heterocycles. The number of nitrogens with zero attached hydrogens (tertiary/aromatic N) is 1. The standard InChI is InChI=1S/C15H20N2O/c1-14(2)11-7-4-5-8-12(11)17(3)15(14)10-6-9-13(18)16-15/h4-5,7-8H,6,9-10H2,1-3H3,(H,16,18)/t15-/m0/s1. The zero-order chi connectivity index (χ0) is 13.0. The topological polar surface area (TPSA) is 32.3 Å². The molecule has 0 aliphatic carbocycles. The van der Waals surface area contributed by atoms with Crippen LogP contribution >= 0.6 is 0 Å². The first kappa shape index (κ1) is 11.6. The van der Waals surface area contributed by atoms with E-state index in [2.05, 4.69) is 55.4 Å². The first-order valence-electron chi connectivity index (χ1n) is 6.63. The molecule has 18 heavy (non-hydrogen) atoms. The molecule has 1 amide bonds. The number of rotatable bonds is 0. The summed E-state index contributed by atoms with van der Waals surface area (Å²) in [5.41, 5.74) is 2.25. The maximum absolute atomic E-state index is 11.9. The predicted octanol–water partition coefficient (Wildman–Crippen LogP) is 2.41. The summed E-state index contributed by atoms with van der Waals surface area (Å²) in [5.74, 6) is 0.175. The second kappa shape index (κ2) is 3.50. The normalized spacial score (nSPS) is 29.3. The van der Waals surface area contributed by atoms with Gasteiger partial charge in [0.15, 0.2) is 0 Å². The summed E-state index contributed by atoms with van der Waals surface area (Å²) in [6.45, 7) is 4.47. The Hall–Kier alpha value is -1.51. The van der Waals surface area contributed by atoms with Crippen LogP contribution in [0.25, 0.3) is 0 Å². The molecule has 96 valence electrons. The highest BCUT2D eigenvalue weighted by molar-refractivity contribution is 5.80. The molecule has 0 aromatic heterocycles. The summed E-state index contributed by atoms with van der Waals surface area (Å²) < 4.78 is 0. The van der Waals surface area contributed by atoms with Crippen LogP contribution in [0.4, 0.5) is 5.69 Å². The Kier molecular flexibility index (Phi) is 2.25. The van der Waals surface area contributed by atoms with Crippen LogP contribution in [-0.4, -0.2) is 18.6 Å². The Bertz CT molecular complexity index is 509. The van der Waals surface area contributed by atoms with Crippen molar-refractivity contribution in [1.29, 1.82) is 0 Å². The van der Waals surface area contributed by atoms with Crippen LogP contribution in [0.1, 0.15) is 38.7 Å². The van der Waals surface area contributed by atoms with E-state index < -0.39 is 0 Å². The second-order valence-corrected chi connectivity index (χ2v) is 5.96. The number of hydrogen-bond donors (Lipinski definition) is 1. The largest absolute Gasteiger partial charge is 0.351 e. The van der Waals surface area contributed by atoms with E-state index in [9.17, 15) is 4.79 Å². The molecule has 1 N–H and O–H groups in total. The second-order valence-electron chi connectivity index (χ2n) is 5.96. The molecule has 2 heterocycles. The lowest BCUT2D eigenvalue weighted by Gasteiger charge is -2.49. The van der Waals surface area contributed by atoms with E-state index in [0.29, 0.717) is 6.42 Å². The van der Waals surface area contributed by atoms with Crippen LogP contribution < -0.4 is 10.2 Å². The zero-order valence-corrected chi connectivity index (χ0v) is 11.3. The van der Waals surface area contributed by atoms with Crippen LogP contribution in [0.5, 0.6) is 0 Å². The number of hydrogen-bond acceptors (Lipinski definition) is 2. The smallest absolute Gasteiger partial charge is 0.221 e. The SMILES string of the molecule is CN1c2ccccc2C(C)(C)[C@]12CCCC(=O)N2. The van der Waals surface area contributed by atoms with Crippen LogP contribution in [0.2, 0.25) is 0 Å². The summed E-state index contributed by atoms with van der Waals surface area (Å²) >= 11 is 0. The van der Waals surface area contributed by atoms with Gasteiger partial charge in [0.1, 0.15) is 5.66 Å². The molecule has 2 aliphatic rings. The lowest BCUT2D eigenvalue weighted by molar-refractivity contribution is -0.126. The molecule has 3 heteroatoms. The maximum Gasteiger partial charge on any atom is 0.221 e. The molecule has 0 bridgehead atoms. The number of para-hydroxylation sites is 1. The Labute approximate surface area is 108 Å². The van der Waals surface area contributed by atoms with Crippen molar-refractivity contribution in [3.8, 4) is 0 Å². The van der Waals surface area contributed by atoms with Gasteiger partial charge in [-0.05, 0) is 24.5 Å². The number of fused-ring (bicyclic) bond motifs is 1. The number of likely N-dealkylation sites (N-methyl/N-ethyl adjacent to an activating group) is 1. The van der Waals surface area contributed by atoms with Crippen molar-refractivity contribution < 1.29 is 4.79 Å². The van der Waals surface area contributed by atoms with Crippen LogP contribution in [-0.2, 0) is 10.2 Å². The predicted molar refractivity (Wildman–Crippen MR) is 72.6 cm³/mol. The number of piperidine rings is 1. The molecule has 1 aromatic carbocycles. The molecule has 3 rings (SSSR count). The third kappa shape index (κ3) is 1.22. The summed E-state index contributed by atoms with van der Waals surface area (Å²) in [6, 6.07) is 8.47. The van der Waals surface area contributed by atoms with Crippen LogP contribution in [0.3, 0.4) is 0 Å². The fraction of sp³-hybridized carbons (Fsp3) is 0.533. The Morgan fingerprint density at radius 1 is 1.28 bits per heavy atom. The fourth-order valence-electron chi connectivity index (χ4n) is 3.72. The molecule has 2 aliphatic heterocycles. The maximum atomic E-state index is 11.9. The fourth-order valence-corrected chi connectivity index (χ4v) is 3.72. The van der Waals surface area contributed by atoms with Gasteiger partial charge >= 0.3 is 0 Å². The lowest BCUT2D eigenvalue weighted by Crippen LogP contribution is -2.67. The minimum atomic E-state index is -0.258. The zero-order valence-electron chi connectivity index (χ0n) is 11.3. The molecular formula is C15H20N2O. The lowest BCUT2D eigenvalue weighted by atomic mass is 9.72. The first-order valence-corrected chi connectivity index (χ1v) is 6.63. The average Bonchev–Trinajstić information content (AvgIpc) is 2.51. The van der Waals surface area contributed by atoms with E-state index in [1.165, 1.54) is 11.3 Å². The van der Waals surface area contributed by atoms with Gasteiger partial charge in [0, 0.05) is 24.6 Å². The molecule has 1 atom stereocenters. The van der Waals surface area contributed by atoms with E-state index in [1.54, 1.807) is 0 Å². The highest BCUT2D eigenvalue weighted by Crippen LogP contribution is 2.52. The van der Waals surface area contributed by atoms with E-state index >= 15 is 0 Å². The van der Waals surface area contributed by atoms with Gasteiger partial charge in [-0.15, -0.1) is 0 Å². The van der Waals surface area contributed by atoms with Crippen molar-refractivity contribution in [2.75, 3.05) is 11.9 Å². The monoisotopic (exact) mass is 244 g/mol. The average molecular weight is 244 g/mol. The van der Waals surface area contributed by atoms with E-state index in [0.717, 1.165) is 12.8 Å². The van der Waals surface area contributed by atoms with Gasteiger partial charge in [-0.25, -0.2) is 0 Å². The van der Waals surface area contributed by atoms with Crippen LogP contribution in [0.15, 0.2) is 24.3 Å². The van der Waals surface area contributed by atoms with Gasteiger partial charge in [-0.3, -0.25) is 4.79 Å². The van der Waals surface area contributed by atoms with Crippen molar-refractivity contribution in [3.05, 3.63) is 29.8 Å². The molecule has 0 radical (unpaired) electrons. The summed E-state index contributed by atoms with van der Waals surface area (Å²) in [7, 11) is 2.10. The van der Waals surface area contributed by atoms with Gasteiger partial charge < -0.3 is 10.2 Å². The molecule has 1 spiro atoms. The number of nitrogens with one attached hydrogen (secondary N) is 1. The van der Waals surface area contributed by atoms with E-state index in [4.69, 9.17) is 0 Å². The van der Waals surface area contributed by atoms with E-state index in [1.807, 2.05) is 0 Å². The molecule has 1 aromatic rings. The summed E-state index contributed by atoms with van der Waals surface area (Å²) in [4.78, 5) is 14.1. The third-order valence-corrected chi connectivity index (χ3v) is 4.83. The van der Waals surface area contributed by atoms with Crippen molar-refractivity contribution in [2.45, 2.75) is 44.2 Å². The van der Waals surface area contributed by atoms with Crippen molar-refractivity contribution >= 4 is 11.6 Å². The van der Waals surface area contributed by atoms with Crippen molar-refractivity contribution in [2.24, 2.45) is 0 Å². The Balaban J connectivity index is 2.16. The van der Waals surface area contributed by atoms with Gasteiger partial charge in [0.25, 0.3) is 0 Å². The van der Waals surface area contributed by atoms with E-state index in [-0.39, 0.29) is 17.0 Å². The van der Waals surface area contributed by atoms with Gasteiger partial charge in [0.2, 0.25) is 5.91 Å². The number of benzene rings is 1. The summed E-state index contributed by atoms with van der Waals surface area (Å²) in [6.07, 6.45) is 2.63. The Morgan fingerprint density at radius 3 is 2.67 bits per heavy atom. The first-order chi connectivity index (χ1) is 8.49. The van der Waals surface area contributed by atoms with Gasteiger partial charge in [-0.1, -0.05) is 32.0 Å². The number of amides is 1. The van der Waals surface area contributed by atoms with Gasteiger partial charge in [-0.2, -0.15) is 0 Å². The quantitative estimate of drug-likeness (QED) is 0.760. The molecule has 1 fully saturated rings. The highest BCUT2D eigenvalue weighted by Gasteiger charge is 2.56. The molecular weight excluding hydrogens is 224 g/mol. The van der Waals surface area contributed by atoms with Crippen molar-refractivity contribution in [1.82, 2.24) is 5.32 Å². The van der Waals surface area contributed by atoms with Gasteiger partial charge in [0.05, 0.1) is 0 Å². The number of carbonyl (C=O) groups is 1. The molecule has 0 saturated carbocycles. The van der Waals surface area contributed by atoms with Crippen molar-refractivity contribution in [3.63, 3.8) is 0 Å². The number of anilines is 1.